The van der Waals surface area contributed by atoms with E-state index in [0.717, 1.165) is 5.57 Å². The lowest BCUT2D eigenvalue weighted by Crippen LogP contribution is -2.29. The average molecular weight is 273 g/mol. The molecule has 0 amide bonds. The van der Waals surface area contributed by atoms with Crippen molar-refractivity contribution in [3.63, 3.8) is 0 Å². The molecule has 0 spiro atoms. The van der Waals surface area contributed by atoms with Crippen molar-refractivity contribution in [2.75, 3.05) is 26.4 Å². The van der Waals surface area contributed by atoms with Crippen molar-refractivity contribution in [1.82, 2.24) is 0 Å². The van der Waals surface area contributed by atoms with E-state index in [0.29, 0.717) is 32.3 Å². The van der Waals surface area contributed by atoms with E-state index in [1.165, 1.54) is 0 Å². The van der Waals surface area contributed by atoms with Crippen molar-refractivity contribution in [1.29, 1.82) is 0 Å². The van der Waals surface area contributed by atoms with Crippen LogP contribution in [0.2, 0.25) is 0 Å². The monoisotopic (exact) mass is 273 g/mol. The Bertz CT molecular complexity index is 244. The van der Waals surface area contributed by atoms with Crippen LogP contribution >= 0.6 is 0 Å². The van der Waals surface area contributed by atoms with E-state index in [-0.39, 0.29) is 18.2 Å². The van der Waals surface area contributed by atoms with E-state index in [4.69, 9.17) is 19.9 Å². The molecule has 4 unspecified atom stereocenters. The predicted octanol–water partition coefficient (Wildman–Crippen LogP) is 2.37. The maximum absolute atomic E-state index is 5.67. The number of hydrogen-bond acceptors (Lipinski definition) is 4. The van der Waals surface area contributed by atoms with E-state index in [9.17, 15) is 0 Å². The zero-order valence-electron chi connectivity index (χ0n) is 13.1. The molecular formula is C15H31NO3. The van der Waals surface area contributed by atoms with Gasteiger partial charge in [0.25, 0.3) is 0 Å². The first kappa shape index (κ1) is 18.6. The van der Waals surface area contributed by atoms with Crippen LogP contribution in [0.4, 0.5) is 0 Å². The molecule has 19 heavy (non-hydrogen) atoms. The van der Waals surface area contributed by atoms with Crippen LogP contribution in [-0.2, 0) is 14.2 Å². The van der Waals surface area contributed by atoms with Crippen LogP contribution in [0.3, 0.4) is 0 Å². The topological polar surface area (TPSA) is 53.7 Å². The Morgan fingerprint density at radius 1 is 0.947 bits per heavy atom. The summed E-state index contributed by atoms with van der Waals surface area (Å²) in [5.41, 5.74) is 6.77. The highest BCUT2D eigenvalue weighted by atomic mass is 16.6. The van der Waals surface area contributed by atoms with Crippen molar-refractivity contribution >= 4 is 0 Å². The minimum Gasteiger partial charge on any atom is -0.378 e. The van der Waals surface area contributed by atoms with Gasteiger partial charge in [-0.3, -0.25) is 0 Å². The first-order valence-corrected chi connectivity index (χ1v) is 7.04. The van der Waals surface area contributed by atoms with Crippen LogP contribution in [-0.4, -0.2) is 44.7 Å². The molecule has 0 radical (unpaired) electrons. The first-order chi connectivity index (χ1) is 8.82. The highest BCUT2D eigenvalue weighted by Crippen LogP contribution is 2.07. The Morgan fingerprint density at radius 2 is 1.47 bits per heavy atom. The van der Waals surface area contributed by atoms with E-state index in [2.05, 4.69) is 13.5 Å². The minimum atomic E-state index is 0.0581. The maximum atomic E-state index is 5.67. The van der Waals surface area contributed by atoms with Gasteiger partial charge in [0.1, 0.15) is 0 Å². The fourth-order valence-electron chi connectivity index (χ4n) is 1.27. The lowest BCUT2D eigenvalue weighted by atomic mass is 10.1. The Labute approximate surface area is 118 Å². The molecule has 0 aromatic carbocycles. The zero-order valence-corrected chi connectivity index (χ0v) is 13.1. The van der Waals surface area contributed by atoms with Gasteiger partial charge in [0.15, 0.2) is 0 Å². The Kier molecular flexibility index (Phi) is 10.1. The Hall–Kier alpha value is -0.420. The van der Waals surface area contributed by atoms with Crippen molar-refractivity contribution in [3.05, 3.63) is 12.2 Å². The van der Waals surface area contributed by atoms with Crippen molar-refractivity contribution in [2.24, 2.45) is 11.7 Å². The molecule has 0 saturated carbocycles. The molecular weight excluding hydrogens is 242 g/mol. The quantitative estimate of drug-likeness (QED) is 0.587. The molecule has 0 rings (SSSR count). The number of hydrogen-bond donors (Lipinski definition) is 1. The summed E-state index contributed by atoms with van der Waals surface area (Å²) in [5, 5.41) is 0. The lowest BCUT2D eigenvalue weighted by molar-refractivity contribution is -0.0602. The Balaban J connectivity index is 3.58. The maximum Gasteiger partial charge on any atom is 0.0781 e. The van der Waals surface area contributed by atoms with Crippen LogP contribution in [0.5, 0.6) is 0 Å². The van der Waals surface area contributed by atoms with Gasteiger partial charge in [-0.15, -0.1) is 0 Å². The molecule has 0 aromatic heterocycles. The lowest BCUT2D eigenvalue weighted by Gasteiger charge is -2.19. The molecule has 4 heteroatoms. The van der Waals surface area contributed by atoms with Gasteiger partial charge in [-0.25, -0.2) is 0 Å². The highest BCUT2D eigenvalue weighted by Gasteiger charge is 2.09. The summed E-state index contributed by atoms with van der Waals surface area (Å²) in [6.45, 7) is 16.4. The summed E-state index contributed by atoms with van der Waals surface area (Å²) >= 11 is 0. The molecule has 0 aromatic rings. The molecule has 0 bridgehead atoms. The second kappa shape index (κ2) is 10.4. The van der Waals surface area contributed by atoms with Gasteiger partial charge < -0.3 is 19.9 Å². The molecule has 114 valence electrons. The number of rotatable bonds is 11. The van der Waals surface area contributed by atoms with Crippen LogP contribution in [0.1, 0.15) is 34.6 Å². The SMILES string of the molecule is C=C(C)C(C)COCC(C)OCC(C)OCC(C)N. The summed E-state index contributed by atoms with van der Waals surface area (Å²) < 4.78 is 16.8. The smallest absolute Gasteiger partial charge is 0.0781 e. The van der Waals surface area contributed by atoms with Crippen LogP contribution in [0, 0.1) is 5.92 Å². The minimum absolute atomic E-state index is 0.0581. The van der Waals surface area contributed by atoms with Crippen molar-refractivity contribution < 1.29 is 14.2 Å². The Morgan fingerprint density at radius 3 is 2.00 bits per heavy atom. The van der Waals surface area contributed by atoms with Gasteiger partial charge >= 0.3 is 0 Å². The molecule has 0 aliphatic rings. The summed E-state index contributed by atoms with van der Waals surface area (Å²) in [7, 11) is 0. The van der Waals surface area contributed by atoms with Crippen LogP contribution in [0.15, 0.2) is 12.2 Å². The normalized spacial score (nSPS) is 17.8. The molecule has 0 heterocycles. The summed E-state index contributed by atoms with van der Waals surface area (Å²) in [4.78, 5) is 0. The molecule has 2 N–H and O–H groups in total. The first-order valence-electron chi connectivity index (χ1n) is 7.04. The molecule has 0 fully saturated rings. The predicted molar refractivity (Wildman–Crippen MR) is 79.3 cm³/mol. The number of ether oxygens (including phenoxy) is 3. The largest absolute Gasteiger partial charge is 0.378 e. The highest BCUT2D eigenvalue weighted by molar-refractivity contribution is 4.93. The second-order valence-electron chi connectivity index (χ2n) is 5.55. The van der Waals surface area contributed by atoms with Crippen molar-refractivity contribution in [3.8, 4) is 0 Å². The third-order valence-electron chi connectivity index (χ3n) is 2.82. The van der Waals surface area contributed by atoms with E-state index < -0.39 is 0 Å². The van der Waals surface area contributed by atoms with E-state index >= 15 is 0 Å². The fraction of sp³-hybridized carbons (Fsp3) is 0.867. The van der Waals surface area contributed by atoms with Gasteiger partial charge in [-0.05, 0) is 33.6 Å². The summed E-state index contributed by atoms with van der Waals surface area (Å²) in [6.07, 6.45) is 0.126. The molecule has 0 aliphatic heterocycles. The summed E-state index contributed by atoms with van der Waals surface area (Å²) in [6, 6.07) is 0.0619. The van der Waals surface area contributed by atoms with Gasteiger partial charge in [0, 0.05) is 6.04 Å². The van der Waals surface area contributed by atoms with Gasteiger partial charge in [-0.1, -0.05) is 19.1 Å². The van der Waals surface area contributed by atoms with Crippen LogP contribution < -0.4 is 5.73 Å². The van der Waals surface area contributed by atoms with E-state index in [1.807, 2.05) is 27.7 Å². The molecule has 4 nitrogen and oxygen atoms in total. The van der Waals surface area contributed by atoms with Gasteiger partial charge in [0.05, 0.1) is 38.6 Å². The summed E-state index contributed by atoms with van der Waals surface area (Å²) in [5.74, 6) is 0.389. The fourth-order valence-corrected chi connectivity index (χ4v) is 1.27. The third kappa shape index (κ3) is 11.1. The van der Waals surface area contributed by atoms with Gasteiger partial charge in [0.2, 0.25) is 0 Å². The molecule has 4 atom stereocenters. The average Bonchev–Trinajstić information content (AvgIpc) is 2.33. The molecule has 0 saturated heterocycles. The van der Waals surface area contributed by atoms with Crippen molar-refractivity contribution in [2.45, 2.75) is 52.9 Å². The standard InChI is InChI=1S/C15H31NO3/c1-11(2)12(3)7-17-9-14(5)19-10-15(6)18-8-13(4)16/h12-15H,1,7-10,16H2,2-6H3. The van der Waals surface area contributed by atoms with Gasteiger partial charge in [-0.2, -0.15) is 0 Å². The second-order valence-corrected chi connectivity index (χ2v) is 5.55. The third-order valence-corrected chi connectivity index (χ3v) is 2.82. The van der Waals surface area contributed by atoms with E-state index in [1.54, 1.807) is 0 Å². The van der Waals surface area contributed by atoms with Crippen LogP contribution in [0.25, 0.3) is 0 Å². The number of nitrogens with two attached hydrogens (primary N) is 1. The molecule has 0 aliphatic carbocycles. The zero-order chi connectivity index (χ0) is 14.8.